The summed E-state index contributed by atoms with van der Waals surface area (Å²) in [6, 6.07) is 10.6. The van der Waals surface area contributed by atoms with Crippen LogP contribution in [0.2, 0.25) is 0 Å². The lowest BCUT2D eigenvalue weighted by atomic mass is 9.80. The molecule has 9 nitrogen and oxygen atoms in total. The standard InChI is InChI=1S/C28H37N7O2/c1-18(21-13-8-14-21)30-25-23-26(34-27(33-25)24(29)32-28(36)37)31-22(16-15-19-9-4-2-5-10-19)35(23)17-20-11-6-3-7-12-20/h2,4-5,9-10,18,20-21H,3,6-8,11-17H2,1H3,(H2,29,32)(H,36,37)(H,30,33,34)/t18-/m1/s1. The van der Waals surface area contributed by atoms with Crippen LogP contribution >= 0.6 is 0 Å². The highest BCUT2D eigenvalue weighted by Crippen LogP contribution is 2.33. The first-order chi connectivity index (χ1) is 18.0. The van der Waals surface area contributed by atoms with Crippen molar-refractivity contribution in [3.8, 4) is 0 Å². The molecule has 0 aliphatic heterocycles. The Morgan fingerprint density at radius 2 is 1.81 bits per heavy atom. The van der Waals surface area contributed by atoms with E-state index in [4.69, 9.17) is 15.5 Å². The van der Waals surface area contributed by atoms with Gasteiger partial charge >= 0.3 is 6.09 Å². The molecule has 3 aromatic rings. The summed E-state index contributed by atoms with van der Waals surface area (Å²) in [5.74, 6) is 2.47. The van der Waals surface area contributed by atoms with Gasteiger partial charge in [-0.05, 0) is 56.4 Å². The number of carbonyl (C=O) groups is 1. The van der Waals surface area contributed by atoms with E-state index in [-0.39, 0.29) is 17.7 Å². The second-order valence-electron chi connectivity index (χ2n) is 10.6. The molecule has 2 aliphatic rings. The van der Waals surface area contributed by atoms with Crippen LogP contribution in [-0.2, 0) is 19.4 Å². The minimum atomic E-state index is -1.31. The molecule has 37 heavy (non-hydrogen) atoms. The summed E-state index contributed by atoms with van der Waals surface area (Å²) in [4.78, 5) is 25.4. The largest absolute Gasteiger partial charge is 0.465 e. The topological polar surface area (TPSA) is 129 Å². The van der Waals surface area contributed by atoms with Crippen LogP contribution in [0.15, 0.2) is 30.3 Å². The van der Waals surface area contributed by atoms with Crippen LogP contribution in [0.25, 0.3) is 11.2 Å². The first-order valence-corrected chi connectivity index (χ1v) is 13.6. The lowest BCUT2D eigenvalue weighted by Gasteiger charge is -2.32. The number of benzene rings is 1. The van der Waals surface area contributed by atoms with Crippen LogP contribution in [0, 0.1) is 17.2 Å². The van der Waals surface area contributed by atoms with Gasteiger partial charge in [0.15, 0.2) is 23.1 Å². The molecular formula is C28H37N7O2. The van der Waals surface area contributed by atoms with Crippen molar-refractivity contribution in [3.05, 3.63) is 47.5 Å². The number of aromatic nitrogens is 4. The summed E-state index contributed by atoms with van der Waals surface area (Å²) >= 11 is 0. The van der Waals surface area contributed by atoms with Gasteiger partial charge in [-0.15, -0.1) is 0 Å². The van der Waals surface area contributed by atoms with Gasteiger partial charge in [-0.3, -0.25) is 10.7 Å². The molecule has 2 saturated carbocycles. The number of nitrogens with zero attached hydrogens (tertiary/aromatic N) is 4. The van der Waals surface area contributed by atoms with Crippen molar-refractivity contribution in [2.45, 2.75) is 83.7 Å². The van der Waals surface area contributed by atoms with Crippen molar-refractivity contribution < 1.29 is 9.90 Å². The Hall–Kier alpha value is -3.49. The van der Waals surface area contributed by atoms with Gasteiger partial charge in [0.25, 0.3) is 0 Å². The van der Waals surface area contributed by atoms with Crippen LogP contribution < -0.4 is 10.6 Å². The van der Waals surface area contributed by atoms with E-state index in [9.17, 15) is 4.79 Å². The molecule has 1 amide bonds. The first kappa shape index (κ1) is 25.2. The minimum Gasteiger partial charge on any atom is -0.465 e. The van der Waals surface area contributed by atoms with E-state index in [1.54, 1.807) is 0 Å². The predicted molar refractivity (Wildman–Crippen MR) is 144 cm³/mol. The molecule has 2 aliphatic carbocycles. The molecule has 2 aromatic heterocycles. The van der Waals surface area contributed by atoms with E-state index in [1.165, 1.54) is 56.9 Å². The maximum atomic E-state index is 11.2. The van der Waals surface area contributed by atoms with Gasteiger partial charge in [-0.2, -0.15) is 0 Å². The maximum absolute atomic E-state index is 11.2. The number of fused-ring (bicyclic) bond motifs is 1. The van der Waals surface area contributed by atoms with Crippen molar-refractivity contribution in [3.63, 3.8) is 0 Å². The highest BCUT2D eigenvalue weighted by Gasteiger charge is 2.28. The zero-order chi connectivity index (χ0) is 25.8. The van der Waals surface area contributed by atoms with Gasteiger partial charge in [0.1, 0.15) is 11.3 Å². The molecular weight excluding hydrogens is 466 g/mol. The van der Waals surface area contributed by atoms with Gasteiger partial charge in [0.2, 0.25) is 0 Å². The summed E-state index contributed by atoms with van der Waals surface area (Å²) in [6.07, 6.45) is 10.2. The predicted octanol–water partition coefficient (Wildman–Crippen LogP) is 5.39. The molecule has 5 rings (SSSR count). The summed E-state index contributed by atoms with van der Waals surface area (Å²) in [7, 11) is 0. The lowest BCUT2D eigenvalue weighted by molar-refractivity contribution is 0.200. The van der Waals surface area contributed by atoms with Gasteiger partial charge in [0, 0.05) is 19.0 Å². The number of hydrogen-bond acceptors (Lipinski definition) is 6. The van der Waals surface area contributed by atoms with Crippen molar-refractivity contribution in [1.29, 1.82) is 5.41 Å². The number of aryl methyl sites for hydroxylation is 2. The van der Waals surface area contributed by atoms with Crippen molar-refractivity contribution in [2.75, 3.05) is 5.32 Å². The number of imidazole rings is 1. The summed E-state index contributed by atoms with van der Waals surface area (Å²) in [6.45, 7) is 3.05. The van der Waals surface area contributed by atoms with E-state index in [2.05, 4.69) is 56.4 Å². The lowest BCUT2D eigenvalue weighted by Crippen LogP contribution is -2.33. The fourth-order valence-electron chi connectivity index (χ4n) is 5.65. The maximum Gasteiger partial charge on any atom is 0.410 e. The molecule has 0 bridgehead atoms. The number of anilines is 1. The summed E-state index contributed by atoms with van der Waals surface area (Å²) in [5.41, 5.74) is 2.64. The minimum absolute atomic E-state index is 0.0372. The van der Waals surface area contributed by atoms with Gasteiger partial charge in [0.05, 0.1) is 0 Å². The van der Waals surface area contributed by atoms with Crippen molar-refractivity contribution in [2.24, 2.45) is 11.8 Å². The van der Waals surface area contributed by atoms with Crippen LogP contribution in [0.3, 0.4) is 0 Å². The van der Waals surface area contributed by atoms with Crippen molar-refractivity contribution in [1.82, 2.24) is 24.8 Å². The van der Waals surface area contributed by atoms with E-state index in [0.717, 1.165) is 30.7 Å². The second-order valence-corrected chi connectivity index (χ2v) is 10.6. The van der Waals surface area contributed by atoms with E-state index in [1.807, 2.05) is 6.07 Å². The SMILES string of the molecule is C[C@@H](Nc1nc(C(=N)NC(=O)O)nc2nc(CCc3ccccc3)n(CC3CCCCC3)c12)C1CCC1. The fraction of sp³-hybridized carbons (Fsp3) is 0.536. The van der Waals surface area contributed by atoms with E-state index in [0.29, 0.717) is 23.3 Å². The molecule has 0 unspecified atom stereocenters. The van der Waals surface area contributed by atoms with E-state index < -0.39 is 6.09 Å². The van der Waals surface area contributed by atoms with Gasteiger partial charge in [-0.1, -0.05) is 56.0 Å². The van der Waals surface area contributed by atoms with Crippen LogP contribution in [-0.4, -0.2) is 42.6 Å². The molecule has 0 spiro atoms. The molecule has 0 saturated heterocycles. The third kappa shape index (κ3) is 5.92. The second kappa shape index (κ2) is 11.3. The number of rotatable bonds is 9. The Balaban J connectivity index is 1.56. The number of amidine groups is 1. The zero-order valence-electron chi connectivity index (χ0n) is 21.5. The average Bonchev–Trinajstić information content (AvgIpc) is 3.20. The third-order valence-corrected chi connectivity index (χ3v) is 8.00. The summed E-state index contributed by atoms with van der Waals surface area (Å²) in [5, 5.41) is 23.1. The Morgan fingerprint density at radius 3 is 2.49 bits per heavy atom. The van der Waals surface area contributed by atoms with E-state index >= 15 is 0 Å². The number of hydrogen-bond donors (Lipinski definition) is 4. The smallest absolute Gasteiger partial charge is 0.410 e. The molecule has 9 heteroatoms. The molecule has 2 fully saturated rings. The Labute approximate surface area is 217 Å². The molecule has 4 N–H and O–H groups in total. The molecule has 0 radical (unpaired) electrons. The Kier molecular flexibility index (Phi) is 7.67. The van der Waals surface area contributed by atoms with Gasteiger partial charge < -0.3 is 15.0 Å². The third-order valence-electron chi connectivity index (χ3n) is 8.00. The molecule has 2 heterocycles. The van der Waals surface area contributed by atoms with Crippen LogP contribution in [0.5, 0.6) is 0 Å². The van der Waals surface area contributed by atoms with Crippen LogP contribution in [0.4, 0.5) is 10.6 Å². The van der Waals surface area contributed by atoms with Crippen LogP contribution in [0.1, 0.15) is 75.5 Å². The summed E-state index contributed by atoms with van der Waals surface area (Å²) < 4.78 is 2.31. The quantitative estimate of drug-likeness (QED) is 0.229. The van der Waals surface area contributed by atoms with Gasteiger partial charge in [-0.25, -0.2) is 19.7 Å². The normalized spacial score (nSPS) is 17.3. The molecule has 196 valence electrons. The average molecular weight is 504 g/mol. The van der Waals surface area contributed by atoms with Crippen molar-refractivity contribution >= 4 is 28.9 Å². The Morgan fingerprint density at radius 1 is 1.05 bits per heavy atom. The monoisotopic (exact) mass is 503 g/mol. The molecule has 1 atom stereocenters. The number of nitrogens with one attached hydrogen (secondary N) is 3. The number of amides is 1. The Bertz CT molecular complexity index is 1250. The molecule has 1 aromatic carbocycles. The first-order valence-electron chi connectivity index (χ1n) is 13.6. The zero-order valence-corrected chi connectivity index (χ0v) is 21.5. The fourth-order valence-corrected chi connectivity index (χ4v) is 5.65. The highest BCUT2D eigenvalue weighted by atomic mass is 16.4. The number of carboxylic acid groups (broad SMARTS) is 1. The highest BCUT2D eigenvalue weighted by molar-refractivity contribution is 6.03.